The lowest BCUT2D eigenvalue weighted by Crippen LogP contribution is -2.49. The van der Waals surface area contributed by atoms with E-state index in [0.717, 1.165) is 5.56 Å². The Morgan fingerprint density at radius 3 is 2.43 bits per heavy atom. The molecule has 8 atom stereocenters. The van der Waals surface area contributed by atoms with Crippen molar-refractivity contribution in [1.29, 1.82) is 0 Å². The number of epoxide rings is 1. The van der Waals surface area contributed by atoms with E-state index in [9.17, 15) is 14.4 Å². The Hall–Kier alpha value is -2.91. The van der Waals surface area contributed by atoms with E-state index in [-0.39, 0.29) is 17.3 Å². The van der Waals surface area contributed by atoms with Gasteiger partial charge in [-0.3, -0.25) is 15.0 Å². The van der Waals surface area contributed by atoms with Gasteiger partial charge in [0.1, 0.15) is 18.3 Å². The van der Waals surface area contributed by atoms with E-state index in [2.05, 4.69) is 26.1 Å². The molecule has 0 aromatic heterocycles. The maximum atomic E-state index is 13.1. The minimum Gasteiger partial charge on any atom is -0.462 e. The zero-order valence-electron chi connectivity index (χ0n) is 22.4. The van der Waals surface area contributed by atoms with Crippen LogP contribution in [0.15, 0.2) is 35.9 Å². The monoisotopic (exact) mass is 512 g/mol. The standard InChI is InChI=1S/C28H36N2O7/c1-14-20-18-12-17(25(32)34-18)21(30(6)7)22(23-28(5,37-23)13-19(20)35-24(14)31)36-26(33)29-16-10-8-15(9-11-16)27(2,3)4/h8-12,14,18-23H,13H2,1-7H3,(H,29,33)/t14?,18-,19+,20+,21+,22-,23+,28+/m1/s1. The van der Waals surface area contributed by atoms with Crippen molar-refractivity contribution < 1.29 is 33.3 Å². The Labute approximate surface area is 217 Å². The first kappa shape index (κ1) is 25.7. The Bertz CT molecular complexity index is 1140. The third-order valence-corrected chi connectivity index (χ3v) is 8.12. The molecule has 1 amide bonds. The third-order valence-electron chi connectivity index (χ3n) is 8.12. The van der Waals surface area contributed by atoms with Gasteiger partial charge in [-0.2, -0.15) is 0 Å². The summed E-state index contributed by atoms with van der Waals surface area (Å²) in [4.78, 5) is 40.4. The lowest BCUT2D eigenvalue weighted by molar-refractivity contribution is -0.144. The highest BCUT2D eigenvalue weighted by Gasteiger charge is 2.65. The zero-order chi connectivity index (χ0) is 26.9. The quantitative estimate of drug-likeness (QED) is 0.373. The van der Waals surface area contributed by atoms with Crippen LogP contribution < -0.4 is 5.32 Å². The van der Waals surface area contributed by atoms with Crippen LogP contribution in [0, 0.1) is 11.8 Å². The lowest BCUT2D eigenvalue weighted by atomic mass is 9.79. The molecule has 2 bridgehead atoms. The molecular weight excluding hydrogens is 476 g/mol. The van der Waals surface area contributed by atoms with Crippen LogP contribution in [0.3, 0.4) is 0 Å². The molecule has 1 unspecified atom stereocenters. The molecule has 0 saturated carbocycles. The van der Waals surface area contributed by atoms with E-state index < -0.39 is 54.0 Å². The van der Waals surface area contributed by atoms with E-state index in [1.54, 1.807) is 13.0 Å². The molecule has 0 radical (unpaired) electrons. The van der Waals surface area contributed by atoms with Gasteiger partial charge in [-0.1, -0.05) is 39.8 Å². The number of ether oxygens (including phenoxy) is 4. The van der Waals surface area contributed by atoms with E-state index in [0.29, 0.717) is 17.7 Å². The van der Waals surface area contributed by atoms with Gasteiger partial charge in [0, 0.05) is 18.0 Å². The van der Waals surface area contributed by atoms with Crippen molar-refractivity contribution in [3.8, 4) is 0 Å². The molecule has 9 heteroatoms. The fourth-order valence-corrected chi connectivity index (χ4v) is 5.97. The van der Waals surface area contributed by atoms with E-state index in [1.807, 2.05) is 50.2 Å². The number of rotatable bonds is 3. The number of hydrogen-bond acceptors (Lipinski definition) is 8. The molecule has 3 heterocycles. The van der Waals surface area contributed by atoms with Crippen molar-refractivity contribution >= 4 is 23.7 Å². The van der Waals surface area contributed by atoms with Gasteiger partial charge in [-0.15, -0.1) is 0 Å². The van der Waals surface area contributed by atoms with Crippen LogP contribution in [0.1, 0.15) is 46.6 Å². The second-order valence-electron chi connectivity index (χ2n) is 12.1. The third kappa shape index (κ3) is 4.63. The number of likely N-dealkylation sites (N-methyl/N-ethyl adjacent to an activating group) is 1. The summed E-state index contributed by atoms with van der Waals surface area (Å²) in [7, 11) is 3.65. The minimum atomic E-state index is -0.794. The van der Waals surface area contributed by atoms with Gasteiger partial charge in [0.05, 0.1) is 23.1 Å². The predicted octanol–water partition coefficient (Wildman–Crippen LogP) is 3.42. The first-order valence-corrected chi connectivity index (χ1v) is 12.8. The fraction of sp³-hybridized carbons (Fsp3) is 0.607. The molecule has 1 aromatic carbocycles. The molecule has 2 saturated heterocycles. The Morgan fingerprint density at radius 1 is 1.14 bits per heavy atom. The van der Waals surface area contributed by atoms with Crippen molar-refractivity contribution in [2.75, 3.05) is 19.4 Å². The molecule has 9 nitrogen and oxygen atoms in total. The number of esters is 2. The van der Waals surface area contributed by atoms with Crippen molar-refractivity contribution in [3.05, 3.63) is 41.5 Å². The van der Waals surface area contributed by atoms with Gasteiger partial charge in [0.25, 0.3) is 0 Å². The van der Waals surface area contributed by atoms with E-state index in [4.69, 9.17) is 18.9 Å². The molecule has 37 heavy (non-hydrogen) atoms. The summed E-state index contributed by atoms with van der Waals surface area (Å²) in [5, 5.41) is 2.81. The maximum Gasteiger partial charge on any atom is 0.412 e. The summed E-state index contributed by atoms with van der Waals surface area (Å²) in [5.41, 5.74) is 1.46. The zero-order valence-corrected chi connectivity index (χ0v) is 22.4. The highest BCUT2D eigenvalue weighted by molar-refractivity contribution is 5.93. The smallest absolute Gasteiger partial charge is 0.412 e. The number of nitrogens with zero attached hydrogens (tertiary/aromatic N) is 1. The van der Waals surface area contributed by atoms with Gasteiger partial charge in [-0.05, 0) is 50.2 Å². The summed E-state index contributed by atoms with van der Waals surface area (Å²) in [6.07, 6.45) is -0.784. The number of carbonyl (C=O) groups excluding carboxylic acids is 3. The molecule has 0 spiro atoms. The van der Waals surface area contributed by atoms with Gasteiger partial charge in [-0.25, -0.2) is 9.59 Å². The van der Waals surface area contributed by atoms with Crippen molar-refractivity contribution in [3.63, 3.8) is 0 Å². The van der Waals surface area contributed by atoms with Crippen LogP contribution in [0.2, 0.25) is 0 Å². The van der Waals surface area contributed by atoms with Gasteiger partial charge in [0.2, 0.25) is 0 Å². The second-order valence-corrected chi connectivity index (χ2v) is 12.1. The molecule has 4 aliphatic rings. The summed E-state index contributed by atoms with van der Waals surface area (Å²) in [5.74, 6) is -1.49. The van der Waals surface area contributed by atoms with Gasteiger partial charge >= 0.3 is 18.0 Å². The summed E-state index contributed by atoms with van der Waals surface area (Å²) >= 11 is 0. The van der Waals surface area contributed by atoms with Crippen LogP contribution in [-0.2, 0) is 34.0 Å². The summed E-state index contributed by atoms with van der Waals surface area (Å²) < 4.78 is 23.6. The van der Waals surface area contributed by atoms with Crippen molar-refractivity contribution in [2.24, 2.45) is 11.8 Å². The second kappa shape index (κ2) is 8.84. The van der Waals surface area contributed by atoms with Crippen LogP contribution in [0.5, 0.6) is 0 Å². The molecule has 3 aliphatic heterocycles. The number of hydrogen-bond donors (Lipinski definition) is 1. The SMILES string of the molecule is CC1C(=O)O[C@H]2C[C@]3(C)O[C@H]3[C@H](OC(=O)Nc3ccc(C(C)(C)C)cc3)[C@@H](N(C)C)C3=C[C@@H](OC3=O)[C@H]12. The normalized spacial score (nSPS) is 36.6. The first-order chi connectivity index (χ1) is 17.3. The maximum absolute atomic E-state index is 13.1. The summed E-state index contributed by atoms with van der Waals surface area (Å²) in [6.45, 7) is 10.1. The van der Waals surface area contributed by atoms with Crippen LogP contribution in [0.4, 0.5) is 10.5 Å². The Balaban J connectivity index is 1.43. The highest BCUT2D eigenvalue weighted by Crippen LogP contribution is 2.51. The number of fused-ring (bicyclic) bond motifs is 4. The number of anilines is 1. The molecule has 1 aliphatic carbocycles. The van der Waals surface area contributed by atoms with Crippen LogP contribution >= 0.6 is 0 Å². The molecule has 2 fully saturated rings. The average molecular weight is 513 g/mol. The van der Waals surface area contributed by atoms with Gasteiger partial charge in [0.15, 0.2) is 6.10 Å². The van der Waals surface area contributed by atoms with Crippen LogP contribution in [-0.4, -0.2) is 73.1 Å². The molecule has 200 valence electrons. The van der Waals surface area contributed by atoms with Crippen molar-refractivity contribution in [1.82, 2.24) is 4.90 Å². The number of amides is 1. The van der Waals surface area contributed by atoms with E-state index >= 15 is 0 Å². The lowest BCUT2D eigenvalue weighted by Gasteiger charge is -2.32. The largest absolute Gasteiger partial charge is 0.462 e. The number of carbonyl (C=O) groups is 3. The minimum absolute atomic E-state index is 0.00621. The van der Waals surface area contributed by atoms with Gasteiger partial charge < -0.3 is 18.9 Å². The Kier molecular flexibility index (Phi) is 6.15. The number of nitrogens with one attached hydrogen (secondary N) is 1. The topological polar surface area (TPSA) is 107 Å². The van der Waals surface area contributed by atoms with Crippen LogP contribution in [0.25, 0.3) is 0 Å². The summed E-state index contributed by atoms with van der Waals surface area (Å²) in [6, 6.07) is 7.04. The predicted molar refractivity (Wildman–Crippen MR) is 135 cm³/mol. The average Bonchev–Trinajstić information content (AvgIpc) is 3.19. The van der Waals surface area contributed by atoms with E-state index in [1.165, 1.54) is 0 Å². The Morgan fingerprint density at radius 2 is 1.81 bits per heavy atom. The molecule has 1 N–H and O–H groups in total. The first-order valence-electron chi connectivity index (χ1n) is 12.8. The van der Waals surface area contributed by atoms with Crippen molar-refractivity contribution in [2.45, 2.75) is 82.5 Å². The fourth-order valence-electron chi connectivity index (χ4n) is 5.97. The molecule has 5 rings (SSSR count). The molecular formula is C28H36N2O7. The number of benzene rings is 1. The molecule has 1 aromatic rings. The highest BCUT2D eigenvalue weighted by atomic mass is 16.7.